The van der Waals surface area contributed by atoms with Gasteiger partial charge in [-0.1, -0.05) is 12.1 Å². The molecule has 144 valence electrons. The smallest absolute Gasteiger partial charge is 0.252 e. The van der Waals surface area contributed by atoms with Gasteiger partial charge in [-0.25, -0.2) is 8.42 Å². The molecule has 1 aromatic heterocycles. The van der Waals surface area contributed by atoms with Crippen molar-refractivity contribution in [3.8, 4) is 0 Å². The van der Waals surface area contributed by atoms with E-state index in [4.69, 9.17) is 0 Å². The van der Waals surface area contributed by atoms with E-state index in [1.807, 2.05) is 0 Å². The van der Waals surface area contributed by atoms with Gasteiger partial charge in [0, 0.05) is 37.3 Å². The van der Waals surface area contributed by atoms with E-state index in [1.54, 1.807) is 41.8 Å². The van der Waals surface area contributed by atoms with Gasteiger partial charge in [0.15, 0.2) is 0 Å². The Balaban J connectivity index is 1.58. The van der Waals surface area contributed by atoms with E-state index in [1.165, 1.54) is 22.6 Å². The topological polar surface area (TPSA) is 95.6 Å². The van der Waals surface area contributed by atoms with Crippen molar-refractivity contribution in [3.63, 3.8) is 0 Å². The maximum atomic E-state index is 12.5. The average molecular weight is 408 g/mol. The van der Waals surface area contributed by atoms with Crippen molar-refractivity contribution in [2.75, 3.05) is 23.7 Å². The number of nitrogens with one attached hydrogen (secondary N) is 2. The molecule has 0 saturated carbocycles. The van der Waals surface area contributed by atoms with Crippen molar-refractivity contribution in [1.29, 1.82) is 0 Å². The van der Waals surface area contributed by atoms with Crippen molar-refractivity contribution in [2.45, 2.75) is 24.0 Å². The maximum absolute atomic E-state index is 12.5. The minimum absolute atomic E-state index is 0.136. The first kappa shape index (κ1) is 19.5. The number of thiophene rings is 1. The Bertz CT molecular complexity index is 918. The van der Waals surface area contributed by atoms with Crippen LogP contribution in [0.25, 0.3) is 0 Å². The lowest BCUT2D eigenvalue weighted by Gasteiger charge is -2.30. The van der Waals surface area contributed by atoms with E-state index < -0.39 is 10.0 Å². The highest BCUT2D eigenvalue weighted by Crippen LogP contribution is 2.27. The molecule has 9 heteroatoms. The molecule has 1 saturated heterocycles. The predicted molar refractivity (Wildman–Crippen MR) is 105 cm³/mol. The monoisotopic (exact) mass is 407 g/mol. The van der Waals surface area contributed by atoms with Crippen LogP contribution in [0.1, 0.15) is 19.8 Å². The molecular formula is C18H21N3O4S2. The number of piperidine rings is 1. The fourth-order valence-corrected chi connectivity index (χ4v) is 5.63. The summed E-state index contributed by atoms with van der Waals surface area (Å²) >= 11 is 1.20. The number of hydrogen-bond donors (Lipinski definition) is 2. The zero-order valence-electron chi connectivity index (χ0n) is 14.8. The molecule has 0 bridgehead atoms. The number of rotatable bonds is 5. The number of carbonyl (C=O) groups excluding carboxylic acids is 2. The van der Waals surface area contributed by atoms with Crippen LogP contribution in [0.15, 0.2) is 46.0 Å². The quantitative estimate of drug-likeness (QED) is 0.797. The third-order valence-corrected chi connectivity index (χ3v) is 7.64. The molecule has 1 aliphatic rings. The molecule has 27 heavy (non-hydrogen) atoms. The van der Waals surface area contributed by atoms with Crippen LogP contribution in [0.5, 0.6) is 0 Å². The van der Waals surface area contributed by atoms with Crippen molar-refractivity contribution in [1.82, 2.24) is 4.31 Å². The summed E-state index contributed by atoms with van der Waals surface area (Å²) < 4.78 is 26.9. The Labute approximate surface area is 162 Å². The summed E-state index contributed by atoms with van der Waals surface area (Å²) in [5.74, 6) is -0.565. The van der Waals surface area contributed by atoms with Gasteiger partial charge in [-0.15, -0.1) is 11.3 Å². The molecule has 0 atom stereocenters. The normalized spacial score (nSPS) is 16.0. The Kier molecular flexibility index (Phi) is 5.93. The SMILES string of the molecule is CC(=O)Nc1cccc(NC(=O)C2CCN(S(=O)(=O)c3cccs3)CC2)c1. The van der Waals surface area contributed by atoms with Crippen molar-refractivity contribution in [3.05, 3.63) is 41.8 Å². The molecule has 0 spiro atoms. The van der Waals surface area contributed by atoms with Crippen molar-refractivity contribution >= 4 is 44.5 Å². The zero-order chi connectivity index (χ0) is 19.4. The Morgan fingerprint density at radius 1 is 1.07 bits per heavy atom. The van der Waals surface area contributed by atoms with Crippen LogP contribution >= 0.6 is 11.3 Å². The van der Waals surface area contributed by atoms with Gasteiger partial charge < -0.3 is 10.6 Å². The van der Waals surface area contributed by atoms with E-state index in [0.29, 0.717) is 41.5 Å². The standard InChI is InChI=1S/C18H21N3O4S2/c1-13(22)19-15-4-2-5-16(12-15)20-18(23)14-7-9-21(10-8-14)27(24,25)17-6-3-11-26-17/h2-6,11-12,14H,7-10H2,1H3,(H,19,22)(H,20,23). The number of nitrogens with zero attached hydrogens (tertiary/aromatic N) is 1. The Morgan fingerprint density at radius 2 is 1.74 bits per heavy atom. The number of amides is 2. The lowest BCUT2D eigenvalue weighted by Crippen LogP contribution is -2.41. The van der Waals surface area contributed by atoms with E-state index in [2.05, 4.69) is 10.6 Å². The molecule has 1 aliphatic heterocycles. The van der Waals surface area contributed by atoms with E-state index in [9.17, 15) is 18.0 Å². The van der Waals surface area contributed by atoms with Crippen LogP contribution < -0.4 is 10.6 Å². The number of hydrogen-bond acceptors (Lipinski definition) is 5. The summed E-state index contributed by atoms with van der Waals surface area (Å²) in [6.07, 6.45) is 0.948. The molecule has 0 radical (unpaired) electrons. The summed E-state index contributed by atoms with van der Waals surface area (Å²) in [5.41, 5.74) is 1.21. The first-order valence-electron chi connectivity index (χ1n) is 8.58. The molecule has 2 aromatic rings. The zero-order valence-corrected chi connectivity index (χ0v) is 16.5. The molecular weight excluding hydrogens is 386 g/mol. The average Bonchev–Trinajstić information content (AvgIpc) is 3.17. The Morgan fingerprint density at radius 3 is 2.33 bits per heavy atom. The van der Waals surface area contributed by atoms with Crippen LogP contribution in [0, 0.1) is 5.92 Å². The fourth-order valence-electron chi connectivity index (χ4n) is 3.02. The van der Waals surface area contributed by atoms with Gasteiger partial charge >= 0.3 is 0 Å². The van der Waals surface area contributed by atoms with Crippen molar-refractivity contribution < 1.29 is 18.0 Å². The van der Waals surface area contributed by atoms with Crippen LogP contribution in [0.3, 0.4) is 0 Å². The third kappa shape index (κ3) is 4.74. The van der Waals surface area contributed by atoms with E-state index in [-0.39, 0.29) is 17.7 Å². The second-order valence-electron chi connectivity index (χ2n) is 6.36. The first-order valence-corrected chi connectivity index (χ1v) is 10.9. The highest BCUT2D eigenvalue weighted by molar-refractivity contribution is 7.91. The van der Waals surface area contributed by atoms with E-state index in [0.717, 1.165) is 0 Å². The minimum Gasteiger partial charge on any atom is -0.326 e. The third-order valence-electron chi connectivity index (χ3n) is 4.36. The van der Waals surface area contributed by atoms with Crippen molar-refractivity contribution in [2.24, 2.45) is 5.92 Å². The number of benzene rings is 1. The van der Waals surface area contributed by atoms with Crippen LogP contribution in [-0.2, 0) is 19.6 Å². The second-order valence-corrected chi connectivity index (χ2v) is 9.47. The summed E-state index contributed by atoms with van der Waals surface area (Å²) in [6.45, 7) is 2.07. The van der Waals surface area contributed by atoms with E-state index >= 15 is 0 Å². The molecule has 7 nitrogen and oxygen atoms in total. The van der Waals surface area contributed by atoms with Gasteiger partial charge in [0.05, 0.1) is 0 Å². The van der Waals surface area contributed by atoms with Gasteiger partial charge in [0.2, 0.25) is 11.8 Å². The van der Waals surface area contributed by atoms with Crippen LogP contribution in [0.2, 0.25) is 0 Å². The maximum Gasteiger partial charge on any atom is 0.252 e. The minimum atomic E-state index is -3.46. The summed E-state index contributed by atoms with van der Waals surface area (Å²) in [6, 6.07) is 10.2. The molecule has 3 rings (SSSR count). The van der Waals surface area contributed by atoms with Gasteiger partial charge in [-0.3, -0.25) is 9.59 Å². The molecule has 1 fully saturated rings. The molecule has 2 N–H and O–H groups in total. The summed E-state index contributed by atoms with van der Waals surface area (Å²) in [7, 11) is -3.46. The Hall–Kier alpha value is -2.23. The van der Waals surface area contributed by atoms with Gasteiger partial charge in [0.25, 0.3) is 10.0 Å². The molecule has 2 heterocycles. The molecule has 2 amide bonds. The van der Waals surface area contributed by atoms with Crippen LogP contribution in [-0.4, -0.2) is 37.6 Å². The molecule has 1 aromatic carbocycles. The van der Waals surface area contributed by atoms with Gasteiger partial charge in [0.1, 0.15) is 4.21 Å². The number of carbonyl (C=O) groups is 2. The lowest BCUT2D eigenvalue weighted by atomic mass is 9.97. The summed E-state index contributed by atoms with van der Waals surface area (Å²) in [5, 5.41) is 7.26. The fraction of sp³-hybridized carbons (Fsp3) is 0.333. The van der Waals surface area contributed by atoms with Gasteiger partial charge in [-0.05, 0) is 42.5 Å². The number of anilines is 2. The van der Waals surface area contributed by atoms with Gasteiger partial charge in [-0.2, -0.15) is 4.31 Å². The summed E-state index contributed by atoms with van der Waals surface area (Å²) in [4.78, 5) is 23.7. The predicted octanol–water partition coefficient (Wildman–Crippen LogP) is 2.75. The highest BCUT2D eigenvalue weighted by Gasteiger charge is 2.32. The first-order chi connectivity index (χ1) is 12.9. The number of sulfonamides is 1. The lowest BCUT2D eigenvalue weighted by molar-refractivity contribution is -0.121. The molecule has 0 unspecified atom stereocenters. The van der Waals surface area contributed by atoms with Crippen LogP contribution in [0.4, 0.5) is 11.4 Å². The highest BCUT2D eigenvalue weighted by atomic mass is 32.2. The molecule has 0 aliphatic carbocycles. The largest absolute Gasteiger partial charge is 0.326 e. The second kappa shape index (κ2) is 8.20.